The number of ketones is 1. The summed E-state index contributed by atoms with van der Waals surface area (Å²) >= 11 is 3.24. The first-order chi connectivity index (χ1) is 12.6. The molecule has 1 aliphatic rings. The van der Waals surface area contributed by atoms with E-state index in [1.54, 1.807) is 17.7 Å². The lowest BCUT2D eigenvalue weighted by Crippen LogP contribution is -2.07. The Morgan fingerprint density at radius 2 is 2.23 bits per heavy atom. The van der Waals surface area contributed by atoms with E-state index in [1.807, 2.05) is 10.6 Å². The zero-order chi connectivity index (χ0) is 18.1. The van der Waals surface area contributed by atoms with Crippen LogP contribution in [0, 0.1) is 13.8 Å². The molecule has 5 nitrogen and oxygen atoms in total. The highest BCUT2D eigenvalue weighted by atomic mass is 32.2. The maximum Gasteiger partial charge on any atom is 0.191 e. The van der Waals surface area contributed by atoms with Gasteiger partial charge in [-0.15, -0.1) is 21.5 Å². The van der Waals surface area contributed by atoms with Crippen molar-refractivity contribution in [3.05, 3.63) is 51.7 Å². The minimum atomic E-state index is 0.169. The number of nitrogens with zero attached hydrogens (tertiary/aromatic N) is 4. The second kappa shape index (κ2) is 7.40. The smallest absolute Gasteiger partial charge is 0.191 e. The van der Waals surface area contributed by atoms with Gasteiger partial charge >= 0.3 is 0 Å². The van der Waals surface area contributed by atoms with Crippen LogP contribution in [-0.2, 0) is 13.0 Å². The fraction of sp³-hybridized carbons (Fsp3) is 0.421. The quantitative estimate of drug-likeness (QED) is 0.428. The molecule has 0 spiro atoms. The van der Waals surface area contributed by atoms with Crippen LogP contribution in [0.4, 0.5) is 0 Å². The van der Waals surface area contributed by atoms with Crippen molar-refractivity contribution in [1.82, 2.24) is 19.3 Å². The molecule has 26 heavy (non-hydrogen) atoms. The molecule has 3 heterocycles. The van der Waals surface area contributed by atoms with Crippen LogP contribution in [0.3, 0.4) is 0 Å². The molecule has 7 heteroatoms. The van der Waals surface area contributed by atoms with Crippen LogP contribution in [0.5, 0.6) is 0 Å². The molecular formula is C19H22N4OS2. The number of carbonyl (C=O) groups is 1. The molecule has 0 unspecified atom stereocenters. The summed E-state index contributed by atoms with van der Waals surface area (Å²) in [6, 6.07) is 6.85. The summed E-state index contributed by atoms with van der Waals surface area (Å²) in [6.07, 6.45) is 5.16. The number of thioether (sulfide) groups is 1. The van der Waals surface area contributed by atoms with E-state index < -0.39 is 0 Å². The molecule has 0 bridgehead atoms. The summed E-state index contributed by atoms with van der Waals surface area (Å²) in [5.74, 6) is 0.565. The van der Waals surface area contributed by atoms with Gasteiger partial charge in [0.15, 0.2) is 10.9 Å². The first-order valence-electron chi connectivity index (χ1n) is 8.88. The van der Waals surface area contributed by atoms with Crippen LogP contribution in [0.15, 0.2) is 35.1 Å². The first kappa shape index (κ1) is 17.5. The predicted octanol–water partition coefficient (Wildman–Crippen LogP) is 4.31. The van der Waals surface area contributed by atoms with E-state index in [0.717, 1.165) is 29.4 Å². The minimum absolute atomic E-state index is 0.169. The maximum absolute atomic E-state index is 12.7. The van der Waals surface area contributed by atoms with Gasteiger partial charge in [-0.25, -0.2) is 0 Å². The fourth-order valence-corrected chi connectivity index (χ4v) is 4.88. The molecule has 136 valence electrons. The Morgan fingerprint density at radius 1 is 1.38 bits per heavy atom. The van der Waals surface area contributed by atoms with Crippen molar-refractivity contribution in [2.45, 2.75) is 50.9 Å². The van der Waals surface area contributed by atoms with Crippen molar-refractivity contribution >= 4 is 28.9 Å². The van der Waals surface area contributed by atoms with Crippen molar-refractivity contribution in [2.24, 2.45) is 0 Å². The van der Waals surface area contributed by atoms with Crippen molar-refractivity contribution in [2.75, 3.05) is 5.75 Å². The number of carbonyl (C=O) groups excluding carboxylic acids is 1. The van der Waals surface area contributed by atoms with E-state index in [-0.39, 0.29) is 5.78 Å². The Labute approximate surface area is 161 Å². The molecule has 0 amide bonds. The standard InChI is InChI=1S/C19H22N4OS2/c1-13-10-17(14(2)23(13)15-5-6-15)18(24)11-26-19-21-20-12-22(19)8-7-16-4-3-9-25-16/h3-4,9-10,12,15H,5-8,11H2,1-2H3. The highest BCUT2D eigenvalue weighted by molar-refractivity contribution is 7.99. The normalized spacial score (nSPS) is 14.1. The van der Waals surface area contributed by atoms with Crippen molar-refractivity contribution in [3.63, 3.8) is 0 Å². The molecule has 0 N–H and O–H groups in total. The molecule has 0 aliphatic heterocycles. The summed E-state index contributed by atoms with van der Waals surface area (Å²) in [5, 5.41) is 11.1. The van der Waals surface area contributed by atoms with Crippen molar-refractivity contribution in [1.29, 1.82) is 0 Å². The predicted molar refractivity (Wildman–Crippen MR) is 105 cm³/mol. The van der Waals surface area contributed by atoms with Gasteiger partial charge in [0.05, 0.1) is 5.75 Å². The number of hydrogen-bond acceptors (Lipinski definition) is 5. The van der Waals surface area contributed by atoms with E-state index in [4.69, 9.17) is 0 Å². The van der Waals surface area contributed by atoms with Gasteiger partial charge in [0.1, 0.15) is 6.33 Å². The van der Waals surface area contributed by atoms with Crippen LogP contribution >= 0.6 is 23.1 Å². The summed E-state index contributed by atoms with van der Waals surface area (Å²) in [5.41, 5.74) is 3.15. The Bertz CT molecular complexity index is 906. The summed E-state index contributed by atoms with van der Waals surface area (Å²) in [7, 11) is 0. The van der Waals surface area contributed by atoms with Gasteiger partial charge in [-0.1, -0.05) is 17.8 Å². The van der Waals surface area contributed by atoms with Crippen LogP contribution < -0.4 is 0 Å². The Balaban J connectivity index is 1.39. The maximum atomic E-state index is 12.7. The lowest BCUT2D eigenvalue weighted by Gasteiger charge is -2.08. The highest BCUT2D eigenvalue weighted by Crippen LogP contribution is 2.38. The molecular weight excluding hydrogens is 364 g/mol. The van der Waals surface area contributed by atoms with Gasteiger partial charge in [-0.2, -0.15) is 0 Å². The van der Waals surface area contributed by atoms with E-state index in [1.165, 1.54) is 35.2 Å². The number of aromatic nitrogens is 4. The number of hydrogen-bond donors (Lipinski definition) is 0. The van der Waals surface area contributed by atoms with Gasteiger partial charge in [0.2, 0.25) is 0 Å². The van der Waals surface area contributed by atoms with Crippen LogP contribution in [0.2, 0.25) is 0 Å². The monoisotopic (exact) mass is 386 g/mol. The molecule has 0 saturated heterocycles. The van der Waals surface area contributed by atoms with Crippen LogP contribution in [0.25, 0.3) is 0 Å². The highest BCUT2D eigenvalue weighted by Gasteiger charge is 2.28. The van der Waals surface area contributed by atoms with E-state index in [0.29, 0.717) is 11.8 Å². The lowest BCUT2D eigenvalue weighted by atomic mass is 10.2. The van der Waals surface area contributed by atoms with Crippen LogP contribution in [0.1, 0.15) is 45.5 Å². The third-order valence-corrected chi connectivity index (χ3v) is 6.71. The molecule has 3 aromatic heterocycles. The van der Waals surface area contributed by atoms with Gasteiger partial charge in [-0.05, 0) is 50.6 Å². The Morgan fingerprint density at radius 3 is 2.96 bits per heavy atom. The molecule has 4 rings (SSSR count). The van der Waals surface area contributed by atoms with Gasteiger partial charge in [-0.3, -0.25) is 4.79 Å². The second-order valence-corrected chi connectivity index (χ2v) is 8.71. The SMILES string of the molecule is Cc1cc(C(=O)CSc2nncn2CCc2cccs2)c(C)n1C1CC1. The second-order valence-electron chi connectivity index (χ2n) is 6.73. The number of Topliss-reactive ketones (excluding diaryl/α,β-unsaturated/α-hetero) is 1. The summed E-state index contributed by atoms with van der Waals surface area (Å²) in [4.78, 5) is 14.1. The third-order valence-electron chi connectivity index (χ3n) is 4.79. The van der Waals surface area contributed by atoms with Crippen LogP contribution in [-0.4, -0.2) is 30.9 Å². The fourth-order valence-electron chi connectivity index (χ4n) is 3.36. The van der Waals surface area contributed by atoms with E-state index >= 15 is 0 Å². The van der Waals surface area contributed by atoms with E-state index in [9.17, 15) is 4.79 Å². The van der Waals surface area contributed by atoms with Gasteiger partial charge < -0.3 is 9.13 Å². The van der Waals surface area contributed by atoms with Crippen molar-refractivity contribution < 1.29 is 4.79 Å². The van der Waals surface area contributed by atoms with Crippen molar-refractivity contribution in [3.8, 4) is 0 Å². The summed E-state index contributed by atoms with van der Waals surface area (Å²) < 4.78 is 4.35. The molecule has 1 saturated carbocycles. The average Bonchev–Trinajstić information content (AvgIpc) is 3.04. The Hall–Kier alpha value is -1.86. The molecule has 0 aromatic carbocycles. The summed E-state index contributed by atoms with van der Waals surface area (Å²) in [6.45, 7) is 4.99. The number of thiophene rings is 1. The zero-order valence-corrected chi connectivity index (χ0v) is 16.6. The lowest BCUT2D eigenvalue weighted by molar-refractivity contribution is 0.102. The third kappa shape index (κ3) is 3.64. The van der Waals surface area contributed by atoms with Gasteiger partial charge in [0.25, 0.3) is 0 Å². The molecule has 1 aliphatic carbocycles. The van der Waals surface area contributed by atoms with Gasteiger partial charge in [0, 0.05) is 34.4 Å². The largest absolute Gasteiger partial charge is 0.345 e. The number of aryl methyl sites for hydroxylation is 3. The molecule has 3 aromatic rings. The molecule has 0 atom stereocenters. The molecule has 1 fully saturated rings. The van der Waals surface area contributed by atoms with E-state index in [2.05, 4.69) is 46.1 Å². The first-order valence-corrected chi connectivity index (χ1v) is 10.7. The zero-order valence-electron chi connectivity index (χ0n) is 15.0. The topological polar surface area (TPSA) is 52.7 Å². The molecule has 0 radical (unpaired) electrons. The number of rotatable bonds is 8. The Kier molecular flexibility index (Phi) is 5.00. The minimum Gasteiger partial charge on any atom is -0.345 e. The average molecular weight is 387 g/mol.